The average molecular weight is 326 g/mol. The molecule has 1 N–H and O–H groups in total. The molecule has 1 aromatic carbocycles. The quantitative estimate of drug-likeness (QED) is 0.812. The number of benzene rings is 1. The van der Waals surface area contributed by atoms with E-state index in [1.807, 2.05) is 25.0 Å². The molecule has 1 heterocycles. The van der Waals surface area contributed by atoms with Gasteiger partial charge in [0.05, 0.1) is 6.04 Å². The van der Waals surface area contributed by atoms with Crippen LogP contribution in [0.5, 0.6) is 0 Å². The number of nitrogens with zero attached hydrogens (tertiary/aromatic N) is 1. The van der Waals surface area contributed by atoms with Gasteiger partial charge in [-0.2, -0.15) is 0 Å². The summed E-state index contributed by atoms with van der Waals surface area (Å²) in [5, 5.41) is 3.32. The van der Waals surface area contributed by atoms with Crippen molar-refractivity contribution in [3.8, 4) is 0 Å². The number of thioether (sulfide) groups is 1. The molecular formula is C15H22N2O2S2. The molecule has 1 aliphatic rings. The normalized spacial score (nSPS) is 23.6. The SMILES string of the molecule is CCS(=O)CCN1C(=O)C(C)NC1c1ccc(SC)cc1. The highest BCUT2D eigenvalue weighted by atomic mass is 32.2. The maximum atomic E-state index is 12.3. The summed E-state index contributed by atoms with van der Waals surface area (Å²) < 4.78 is 11.6. The second kappa shape index (κ2) is 7.42. The van der Waals surface area contributed by atoms with Crippen molar-refractivity contribution in [2.24, 2.45) is 0 Å². The smallest absolute Gasteiger partial charge is 0.241 e. The fourth-order valence-electron chi connectivity index (χ4n) is 2.42. The molecule has 0 radical (unpaired) electrons. The molecule has 1 saturated heterocycles. The summed E-state index contributed by atoms with van der Waals surface area (Å²) in [5.74, 6) is 1.26. The Morgan fingerprint density at radius 1 is 1.33 bits per heavy atom. The topological polar surface area (TPSA) is 49.4 Å². The van der Waals surface area contributed by atoms with Crippen molar-refractivity contribution in [2.75, 3.05) is 24.3 Å². The van der Waals surface area contributed by atoms with Gasteiger partial charge < -0.3 is 4.90 Å². The number of hydrogen-bond acceptors (Lipinski definition) is 4. The Kier molecular flexibility index (Phi) is 5.84. The summed E-state index contributed by atoms with van der Waals surface area (Å²) >= 11 is 1.70. The molecule has 0 spiro atoms. The molecule has 1 fully saturated rings. The summed E-state index contributed by atoms with van der Waals surface area (Å²) in [7, 11) is -0.851. The number of hydrogen-bond donors (Lipinski definition) is 1. The van der Waals surface area contributed by atoms with Crippen LogP contribution in [0.4, 0.5) is 0 Å². The van der Waals surface area contributed by atoms with Crippen LogP contribution in [-0.2, 0) is 15.6 Å². The number of carbonyl (C=O) groups excluding carboxylic acids is 1. The minimum absolute atomic E-state index is 0.0852. The largest absolute Gasteiger partial charge is 0.321 e. The van der Waals surface area contributed by atoms with Gasteiger partial charge >= 0.3 is 0 Å². The molecule has 0 aliphatic carbocycles. The van der Waals surface area contributed by atoms with Gasteiger partial charge in [0.15, 0.2) is 0 Å². The number of rotatable bonds is 6. The van der Waals surface area contributed by atoms with Gasteiger partial charge in [-0.15, -0.1) is 11.8 Å². The fourth-order valence-corrected chi connectivity index (χ4v) is 3.52. The van der Waals surface area contributed by atoms with Crippen molar-refractivity contribution in [1.82, 2.24) is 10.2 Å². The Balaban J connectivity index is 2.14. The predicted molar refractivity (Wildman–Crippen MR) is 88.8 cm³/mol. The third-order valence-electron chi connectivity index (χ3n) is 3.69. The second-order valence-corrected chi connectivity index (χ2v) is 7.77. The van der Waals surface area contributed by atoms with Crippen molar-refractivity contribution >= 4 is 28.5 Å². The summed E-state index contributed by atoms with van der Waals surface area (Å²) in [6.45, 7) is 4.31. The molecule has 4 nitrogen and oxygen atoms in total. The van der Waals surface area contributed by atoms with Crippen molar-refractivity contribution in [2.45, 2.75) is 31.0 Å². The lowest BCUT2D eigenvalue weighted by molar-refractivity contribution is -0.129. The van der Waals surface area contributed by atoms with Crippen LogP contribution in [0.2, 0.25) is 0 Å². The molecule has 3 unspecified atom stereocenters. The molecule has 21 heavy (non-hydrogen) atoms. The van der Waals surface area contributed by atoms with Gasteiger partial charge in [-0.1, -0.05) is 19.1 Å². The summed E-state index contributed by atoms with van der Waals surface area (Å²) in [4.78, 5) is 15.3. The number of nitrogens with one attached hydrogen (secondary N) is 1. The van der Waals surface area contributed by atoms with E-state index in [2.05, 4.69) is 29.6 Å². The van der Waals surface area contributed by atoms with Gasteiger partial charge in [-0.3, -0.25) is 14.3 Å². The molecule has 1 aliphatic heterocycles. The highest BCUT2D eigenvalue weighted by molar-refractivity contribution is 7.98. The Morgan fingerprint density at radius 3 is 2.57 bits per heavy atom. The first kappa shape index (κ1) is 16.5. The van der Waals surface area contributed by atoms with Gasteiger partial charge in [0.2, 0.25) is 5.91 Å². The molecule has 3 atom stereocenters. The molecule has 2 rings (SSSR count). The van der Waals surface area contributed by atoms with Crippen LogP contribution in [0.1, 0.15) is 25.6 Å². The van der Waals surface area contributed by atoms with E-state index in [0.29, 0.717) is 18.1 Å². The van der Waals surface area contributed by atoms with Gasteiger partial charge in [0.25, 0.3) is 0 Å². The van der Waals surface area contributed by atoms with Gasteiger partial charge in [-0.05, 0) is 30.9 Å². The molecular weight excluding hydrogens is 304 g/mol. The molecule has 1 aromatic rings. The van der Waals surface area contributed by atoms with E-state index in [9.17, 15) is 9.00 Å². The third-order valence-corrected chi connectivity index (χ3v) is 5.71. The van der Waals surface area contributed by atoms with E-state index in [1.165, 1.54) is 4.90 Å². The lowest BCUT2D eigenvalue weighted by Gasteiger charge is -2.24. The van der Waals surface area contributed by atoms with Crippen LogP contribution in [0.3, 0.4) is 0 Å². The lowest BCUT2D eigenvalue weighted by atomic mass is 10.1. The standard InChI is InChI=1S/C15H22N2O2S2/c1-4-21(19)10-9-17-14(16-11(2)15(17)18)12-5-7-13(20-3)8-6-12/h5-8,11,14,16H,4,9-10H2,1-3H3. The Morgan fingerprint density at radius 2 is 2.00 bits per heavy atom. The minimum atomic E-state index is -0.851. The van der Waals surface area contributed by atoms with Crippen molar-refractivity contribution in [3.05, 3.63) is 29.8 Å². The van der Waals surface area contributed by atoms with Crippen molar-refractivity contribution in [1.29, 1.82) is 0 Å². The van der Waals surface area contributed by atoms with Crippen LogP contribution in [0.15, 0.2) is 29.2 Å². The zero-order chi connectivity index (χ0) is 15.4. The third kappa shape index (κ3) is 3.87. The minimum Gasteiger partial charge on any atom is -0.321 e. The highest BCUT2D eigenvalue weighted by Crippen LogP contribution is 2.26. The summed E-state index contributed by atoms with van der Waals surface area (Å²) in [5.41, 5.74) is 1.08. The van der Waals surface area contributed by atoms with E-state index in [1.54, 1.807) is 11.8 Å². The van der Waals surface area contributed by atoms with Crippen molar-refractivity contribution < 1.29 is 9.00 Å². The lowest BCUT2D eigenvalue weighted by Crippen LogP contribution is -2.34. The van der Waals surface area contributed by atoms with Gasteiger partial charge in [-0.25, -0.2) is 0 Å². The molecule has 0 aromatic heterocycles. The maximum absolute atomic E-state index is 12.3. The van der Waals surface area contributed by atoms with Gasteiger partial charge in [0.1, 0.15) is 6.17 Å². The van der Waals surface area contributed by atoms with E-state index < -0.39 is 10.8 Å². The first-order chi connectivity index (χ1) is 10.1. The molecule has 0 saturated carbocycles. The predicted octanol–water partition coefficient (Wildman–Crippen LogP) is 2.00. The first-order valence-electron chi connectivity index (χ1n) is 7.12. The monoisotopic (exact) mass is 326 g/mol. The van der Waals surface area contributed by atoms with Crippen LogP contribution in [-0.4, -0.2) is 45.4 Å². The molecule has 0 bridgehead atoms. The number of amides is 1. The Labute approximate surface area is 133 Å². The highest BCUT2D eigenvalue weighted by Gasteiger charge is 2.36. The number of carbonyl (C=O) groups is 1. The Hall–Kier alpha value is -0.850. The maximum Gasteiger partial charge on any atom is 0.241 e. The Bertz CT molecular complexity index is 519. The van der Waals surface area contributed by atoms with Crippen LogP contribution in [0, 0.1) is 0 Å². The van der Waals surface area contributed by atoms with Crippen molar-refractivity contribution in [3.63, 3.8) is 0 Å². The zero-order valence-electron chi connectivity index (χ0n) is 12.7. The fraction of sp³-hybridized carbons (Fsp3) is 0.533. The molecule has 1 amide bonds. The summed E-state index contributed by atoms with van der Waals surface area (Å²) in [6.07, 6.45) is 1.93. The summed E-state index contributed by atoms with van der Waals surface area (Å²) in [6, 6.07) is 8.05. The average Bonchev–Trinajstić information content (AvgIpc) is 2.80. The van der Waals surface area contributed by atoms with Crippen LogP contribution >= 0.6 is 11.8 Å². The van der Waals surface area contributed by atoms with Crippen LogP contribution in [0.25, 0.3) is 0 Å². The van der Waals surface area contributed by atoms with E-state index in [4.69, 9.17) is 0 Å². The van der Waals surface area contributed by atoms with E-state index in [-0.39, 0.29) is 18.1 Å². The molecule has 116 valence electrons. The second-order valence-electron chi connectivity index (χ2n) is 5.03. The zero-order valence-corrected chi connectivity index (χ0v) is 14.3. The first-order valence-corrected chi connectivity index (χ1v) is 9.83. The molecule has 6 heteroatoms. The van der Waals surface area contributed by atoms with Crippen LogP contribution < -0.4 is 5.32 Å². The van der Waals surface area contributed by atoms with Gasteiger partial charge in [0, 0.05) is 33.7 Å². The van der Waals surface area contributed by atoms with E-state index in [0.717, 1.165) is 5.56 Å². The van der Waals surface area contributed by atoms with E-state index >= 15 is 0 Å².